The number of carbonyl (C=O) groups is 1. The van der Waals surface area contributed by atoms with Crippen LogP contribution < -0.4 is 9.80 Å². The Morgan fingerprint density at radius 3 is 2.16 bits per heavy atom. The maximum atomic E-state index is 13.0. The largest absolute Gasteiger partial charge is 0.443 e. The molecule has 0 unspecified atom stereocenters. The first kappa shape index (κ1) is 26.6. The number of aromatic nitrogens is 2. The van der Waals surface area contributed by atoms with Crippen molar-refractivity contribution in [3.05, 3.63) is 60.8 Å². The fourth-order valence-corrected chi connectivity index (χ4v) is 4.84. The number of aliphatic hydroxyl groups is 1. The minimum absolute atomic E-state index is 0.237. The van der Waals surface area contributed by atoms with Crippen LogP contribution in [0.15, 0.2) is 60.8 Å². The van der Waals surface area contributed by atoms with Gasteiger partial charge in [-0.1, -0.05) is 24.3 Å². The lowest BCUT2D eigenvalue weighted by Gasteiger charge is -2.37. The van der Waals surface area contributed by atoms with E-state index in [9.17, 15) is 9.90 Å². The lowest BCUT2D eigenvalue weighted by atomic mass is 10.0. The van der Waals surface area contributed by atoms with Crippen molar-refractivity contribution in [3.8, 4) is 21.7 Å². The average molecular weight is 519 g/mol. The van der Waals surface area contributed by atoms with Crippen molar-refractivity contribution in [2.24, 2.45) is 0 Å². The highest BCUT2D eigenvalue weighted by Crippen LogP contribution is 2.34. The van der Waals surface area contributed by atoms with Crippen LogP contribution in [-0.2, 0) is 4.74 Å². The van der Waals surface area contributed by atoms with Gasteiger partial charge in [-0.05, 0) is 70.5 Å². The monoisotopic (exact) mass is 518 g/mol. The predicted molar refractivity (Wildman–Crippen MR) is 152 cm³/mol. The van der Waals surface area contributed by atoms with Crippen molar-refractivity contribution in [2.75, 3.05) is 30.5 Å². The quantitative estimate of drug-likeness (QED) is 0.310. The minimum atomic E-state index is -0.886. The van der Waals surface area contributed by atoms with Crippen molar-refractivity contribution in [2.45, 2.75) is 45.8 Å². The molecule has 37 heavy (non-hydrogen) atoms. The molecular weight excluding hydrogens is 484 g/mol. The fourth-order valence-electron chi connectivity index (χ4n) is 3.84. The van der Waals surface area contributed by atoms with Gasteiger partial charge < -0.3 is 14.7 Å². The molecule has 2 heterocycles. The minimum Gasteiger partial charge on any atom is -0.443 e. The summed E-state index contributed by atoms with van der Waals surface area (Å²) in [7, 11) is 4.07. The molecule has 0 aliphatic rings. The Morgan fingerprint density at radius 1 is 0.946 bits per heavy atom. The summed E-state index contributed by atoms with van der Waals surface area (Å²) in [4.78, 5) is 25.8. The third-order valence-corrected chi connectivity index (χ3v) is 6.97. The molecule has 4 aromatic rings. The molecule has 2 aromatic heterocycles. The number of anilines is 2. The highest BCUT2D eigenvalue weighted by molar-refractivity contribution is 7.21. The standard InChI is InChI=1S/C29H34N4O3S/c1-28(2,3)36-27(35)33(29(4,5)18-34)25-15-12-21(17-30-25)19-8-10-20(11-9-19)26-31-23-14-13-22(32(6)7)16-24(23)37-26/h8-17,34H,18H2,1-7H3. The van der Waals surface area contributed by atoms with Gasteiger partial charge in [-0.2, -0.15) is 0 Å². The predicted octanol–water partition coefficient (Wildman–Crippen LogP) is 6.60. The molecule has 0 bridgehead atoms. The van der Waals surface area contributed by atoms with E-state index < -0.39 is 17.2 Å². The van der Waals surface area contributed by atoms with Gasteiger partial charge in [0.1, 0.15) is 16.4 Å². The van der Waals surface area contributed by atoms with Gasteiger partial charge in [-0.3, -0.25) is 4.90 Å². The van der Waals surface area contributed by atoms with Gasteiger partial charge in [0.25, 0.3) is 0 Å². The molecule has 7 nitrogen and oxygen atoms in total. The van der Waals surface area contributed by atoms with Crippen molar-refractivity contribution >= 4 is 39.2 Å². The summed E-state index contributed by atoms with van der Waals surface area (Å²) in [6, 6.07) is 18.2. The molecule has 4 rings (SSSR count). The SMILES string of the molecule is CN(C)c1ccc2nc(-c3ccc(-c4ccc(N(C(=O)OC(C)(C)C)C(C)(C)CO)nc4)cc3)sc2c1. The van der Waals surface area contributed by atoms with Gasteiger partial charge in [0.2, 0.25) is 0 Å². The normalized spacial score (nSPS) is 12.0. The first-order valence-electron chi connectivity index (χ1n) is 12.2. The molecule has 0 saturated heterocycles. The Hall–Kier alpha value is -3.49. The molecule has 1 N–H and O–H groups in total. The van der Waals surface area contributed by atoms with Crippen LogP contribution >= 0.6 is 11.3 Å². The van der Waals surface area contributed by atoms with E-state index in [1.807, 2.05) is 53.1 Å². The number of rotatable bonds is 6. The zero-order chi connectivity index (χ0) is 27.0. The van der Waals surface area contributed by atoms with Crippen LogP contribution in [0, 0.1) is 0 Å². The second-order valence-electron chi connectivity index (χ2n) is 10.8. The highest BCUT2D eigenvalue weighted by Gasteiger charge is 2.36. The molecule has 1 amide bonds. The summed E-state index contributed by atoms with van der Waals surface area (Å²) in [5.74, 6) is 0.417. The second-order valence-corrected chi connectivity index (χ2v) is 11.9. The molecule has 0 saturated carbocycles. The van der Waals surface area contributed by atoms with Gasteiger partial charge in [-0.15, -0.1) is 11.3 Å². The van der Waals surface area contributed by atoms with Crippen molar-refractivity contribution in [1.29, 1.82) is 0 Å². The molecule has 0 spiro atoms. The molecule has 194 valence electrons. The number of nitrogens with zero attached hydrogens (tertiary/aromatic N) is 4. The average Bonchev–Trinajstić information content (AvgIpc) is 3.27. The summed E-state index contributed by atoms with van der Waals surface area (Å²) in [6.07, 6.45) is 1.18. The number of pyridine rings is 1. The molecule has 8 heteroatoms. The van der Waals surface area contributed by atoms with Crippen LogP contribution in [0.1, 0.15) is 34.6 Å². The van der Waals surface area contributed by atoms with Crippen LogP contribution in [0.5, 0.6) is 0 Å². The third-order valence-electron chi connectivity index (χ3n) is 5.90. The summed E-state index contributed by atoms with van der Waals surface area (Å²) in [5.41, 5.74) is 3.58. The van der Waals surface area contributed by atoms with Gasteiger partial charge in [0.15, 0.2) is 0 Å². The summed E-state index contributed by atoms with van der Waals surface area (Å²) in [6.45, 7) is 8.74. The number of thiazole rings is 1. The van der Waals surface area contributed by atoms with Crippen molar-refractivity contribution in [1.82, 2.24) is 9.97 Å². The van der Waals surface area contributed by atoms with E-state index in [0.29, 0.717) is 5.82 Å². The summed E-state index contributed by atoms with van der Waals surface area (Å²) >= 11 is 1.68. The fraction of sp³-hybridized carbons (Fsp3) is 0.345. The second kappa shape index (κ2) is 10.1. The smallest absolute Gasteiger partial charge is 0.416 e. The number of benzene rings is 2. The first-order valence-corrected chi connectivity index (χ1v) is 13.0. The third kappa shape index (κ3) is 5.92. The molecule has 0 radical (unpaired) electrons. The Morgan fingerprint density at radius 2 is 1.59 bits per heavy atom. The Kier molecular flexibility index (Phi) is 7.26. The number of hydrogen-bond acceptors (Lipinski definition) is 7. The zero-order valence-corrected chi connectivity index (χ0v) is 23.3. The maximum Gasteiger partial charge on any atom is 0.416 e. The van der Waals surface area contributed by atoms with Crippen LogP contribution in [0.2, 0.25) is 0 Å². The van der Waals surface area contributed by atoms with Crippen LogP contribution in [0.25, 0.3) is 31.9 Å². The van der Waals surface area contributed by atoms with Gasteiger partial charge in [0, 0.05) is 37.1 Å². The number of fused-ring (bicyclic) bond motifs is 1. The van der Waals surface area contributed by atoms with E-state index in [0.717, 1.165) is 37.6 Å². The Balaban J connectivity index is 1.58. The van der Waals surface area contributed by atoms with E-state index >= 15 is 0 Å². The van der Waals surface area contributed by atoms with Gasteiger partial charge >= 0.3 is 6.09 Å². The maximum absolute atomic E-state index is 13.0. The number of hydrogen-bond donors (Lipinski definition) is 1. The van der Waals surface area contributed by atoms with Crippen LogP contribution in [-0.4, -0.2) is 53.0 Å². The lowest BCUT2D eigenvalue weighted by Crippen LogP contribution is -2.52. The van der Waals surface area contributed by atoms with Crippen molar-refractivity contribution < 1.29 is 14.6 Å². The number of amides is 1. The van der Waals surface area contributed by atoms with E-state index in [-0.39, 0.29) is 6.61 Å². The zero-order valence-electron chi connectivity index (χ0n) is 22.4. The Bertz CT molecular complexity index is 1390. The number of aliphatic hydroxyl groups excluding tert-OH is 1. The lowest BCUT2D eigenvalue weighted by molar-refractivity contribution is 0.0517. The van der Waals surface area contributed by atoms with E-state index in [1.165, 1.54) is 4.90 Å². The molecule has 0 aliphatic heterocycles. The van der Waals surface area contributed by atoms with Crippen molar-refractivity contribution in [3.63, 3.8) is 0 Å². The first-order chi connectivity index (χ1) is 17.4. The highest BCUT2D eigenvalue weighted by atomic mass is 32.1. The topological polar surface area (TPSA) is 78.8 Å². The van der Waals surface area contributed by atoms with E-state index in [4.69, 9.17) is 9.72 Å². The molecule has 0 fully saturated rings. The molecular formula is C29H34N4O3S. The van der Waals surface area contributed by atoms with E-state index in [2.05, 4.69) is 40.2 Å². The van der Waals surface area contributed by atoms with E-state index in [1.54, 1.807) is 37.4 Å². The van der Waals surface area contributed by atoms with Gasteiger partial charge in [0.05, 0.1) is 22.4 Å². The molecule has 2 aromatic carbocycles. The Labute approximate surface area is 222 Å². The summed E-state index contributed by atoms with van der Waals surface area (Å²) < 4.78 is 6.74. The number of carbonyl (C=O) groups excluding carboxylic acids is 1. The summed E-state index contributed by atoms with van der Waals surface area (Å²) in [5, 5.41) is 10.9. The van der Waals surface area contributed by atoms with Crippen LogP contribution in [0.3, 0.4) is 0 Å². The van der Waals surface area contributed by atoms with Gasteiger partial charge in [-0.25, -0.2) is 14.8 Å². The molecule has 0 aliphatic carbocycles. The van der Waals surface area contributed by atoms with Crippen LogP contribution in [0.4, 0.5) is 16.3 Å². The molecule has 0 atom stereocenters. The number of ether oxygens (including phenoxy) is 1.